The molecule has 3 nitrogen and oxygen atoms in total. The topological polar surface area (TPSA) is 9.72 Å². The van der Waals surface area contributed by atoms with Gasteiger partial charge in [-0.15, -0.1) is 0 Å². The van der Waals surface area contributed by atoms with Crippen molar-refractivity contribution >= 4 is 161 Å². The van der Waals surface area contributed by atoms with Gasteiger partial charge in [0.05, 0.1) is 11.4 Å². The second-order valence-electron chi connectivity index (χ2n) is 28.5. The zero-order valence-electron chi connectivity index (χ0n) is 60.3. The molecule has 0 saturated carbocycles. The maximum absolute atomic E-state index is 3.13. The highest BCUT2D eigenvalue weighted by molar-refractivity contribution is 7.21. The summed E-state index contributed by atoms with van der Waals surface area (Å²) in [4.78, 5) is 7.75. The lowest BCUT2D eigenvalue weighted by molar-refractivity contribution is 1.23. The Balaban J connectivity index is 0.919. The molecule has 514 valence electrons. The van der Waals surface area contributed by atoms with Crippen LogP contribution in [0.2, 0.25) is 0 Å². The molecule has 0 bridgehead atoms. The molecule has 0 amide bonds. The lowest BCUT2D eigenvalue weighted by Crippen LogP contribution is -2.75. The van der Waals surface area contributed by atoms with E-state index < -0.39 is 24.2 Å². The Bertz CT molecular complexity index is 5710. The van der Waals surface area contributed by atoms with Crippen LogP contribution < -0.4 is 93.3 Å². The SMILES string of the molecule is c1ccc(-c2ccccc2N(c2ccccc2)c2cc3c4c(c2)N(c2ccc([Si](c5ccccc5)(c5ccccc5)c5ccccc5)cc2)c2ccc([Si](c5ccccc5)(c5ccccc5)c5ccccc5)cc2B4c2ccccc2N3c2ccc([Si](c3ccccc3)(c3ccccc3)c3ccccc3)cc2)cc1. The molecule has 17 aromatic rings. The quantitative estimate of drug-likeness (QED) is 0.0626. The van der Waals surface area contributed by atoms with Gasteiger partial charge in [0.2, 0.25) is 0 Å². The van der Waals surface area contributed by atoms with Crippen LogP contribution in [0.3, 0.4) is 0 Å². The summed E-state index contributed by atoms with van der Waals surface area (Å²) in [6.45, 7) is -0.226. The second-order valence-corrected chi connectivity index (χ2v) is 40.0. The monoisotopic (exact) mass is 1440 g/mol. The molecule has 0 saturated heterocycles. The minimum Gasteiger partial charge on any atom is -0.311 e. The van der Waals surface area contributed by atoms with E-state index in [1.165, 1.54) is 78.6 Å². The number of hydrogen-bond donors (Lipinski definition) is 0. The number of hydrogen-bond acceptors (Lipinski definition) is 3. The lowest BCUT2D eigenvalue weighted by atomic mass is 9.33. The van der Waals surface area contributed by atoms with Crippen molar-refractivity contribution in [3.05, 3.63) is 461 Å². The van der Waals surface area contributed by atoms with Gasteiger partial charge in [-0.25, -0.2) is 0 Å². The summed E-state index contributed by atoms with van der Waals surface area (Å²) >= 11 is 0. The molecule has 2 aliphatic rings. The van der Waals surface area contributed by atoms with Crippen molar-refractivity contribution in [1.29, 1.82) is 0 Å². The van der Waals surface area contributed by atoms with E-state index in [1.807, 2.05) is 0 Å². The number of benzene rings is 17. The van der Waals surface area contributed by atoms with Crippen LogP contribution in [-0.4, -0.2) is 30.9 Å². The van der Waals surface area contributed by atoms with E-state index in [0.29, 0.717) is 0 Å². The van der Waals surface area contributed by atoms with Crippen molar-refractivity contribution in [2.24, 2.45) is 0 Å². The predicted octanol–water partition coefficient (Wildman–Crippen LogP) is 15.0. The van der Waals surface area contributed by atoms with E-state index in [0.717, 1.165) is 62.3 Å². The molecule has 7 heteroatoms. The van der Waals surface area contributed by atoms with Crippen molar-refractivity contribution in [2.75, 3.05) is 14.7 Å². The average Bonchev–Trinajstić information content (AvgIpc) is 0.681. The summed E-state index contributed by atoms with van der Waals surface area (Å²) in [6, 6.07) is 175. The molecule has 19 rings (SSSR count). The van der Waals surface area contributed by atoms with Crippen molar-refractivity contribution in [3.63, 3.8) is 0 Å². The highest BCUT2D eigenvalue weighted by atomic mass is 28.3. The van der Waals surface area contributed by atoms with E-state index >= 15 is 0 Å². The summed E-state index contributed by atoms with van der Waals surface area (Å²) in [5, 5.41) is 15.9. The summed E-state index contributed by atoms with van der Waals surface area (Å²) < 4.78 is 0. The fraction of sp³-hybridized carbons (Fsp3) is 0. The van der Waals surface area contributed by atoms with Gasteiger partial charge in [-0.05, 0) is 151 Å². The summed E-state index contributed by atoms with van der Waals surface area (Å²) in [6.07, 6.45) is 0. The maximum Gasteiger partial charge on any atom is 0.252 e. The molecule has 0 atom stereocenters. The van der Waals surface area contributed by atoms with Gasteiger partial charge < -0.3 is 14.7 Å². The second kappa shape index (κ2) is 28.6. The third kappa shape index (κ3) is 11.2. The first kappa shape index (κ1) is 66.5. The predicted molar refractivity (Wildman–Crippen MR) is 471 cm³/mol. The third-order valence-corrected chi connectivity index (χ3v) is 37.2. The number of fused-ring (bicyclic) bond motifs is 4. The Hall–Kier alpha value is -13.1. The van der Waals surface area contributed by atoms with Gasteiger partial charge in [-0.2, -0.15) is 0 Å². The molecule has 17 aromatic carbocycles. The van der Waals surface area contributed by atoms with E-state index in [9.17, 15) is 0 Å². The van der Waals surface area contributed by atoms with Crippen LogP contribution in [0.1, 0.15) is 0 Å². The normalized spacial score (nSPS) is 12.3. The van der Waals surface area contributed by atoms with Crippen LogP contribution in [0.4, 0.5) is 51.2 Å². The van der Waals surface area contributed by atoms with Crippen LogP contribution in [0.15, 0.2) is 461 Å². The van der Waals surface area contributed by atoms with Crippen LogP contribution in [0, 0.1) is 0 Å². The molecule has 0 aliphatic carbocycles. The zero-order valence-corrected chi connectivity index (χ0v) is 63.3. The van der Waals surface area contributed by atoms with Gasteiger partial charge in [0, 0.05) is 45.4 Å². The largest absolute Gasteiger partial charge is 0.311 e. The van der Waals surface area contributed by atoms with Gasteiger partial charge in [0.1, 0.15) is 0 Å². The average molecular weight is 1440 g/mol. The van der Waals surface area contributed by atoms with Crippen LogP contribution in [0.5, 0.6) is 0 Å². The summed E-state index contributed by atoms with van der Waals surface area (Å²) in [7, 11) is -9.05. The van der Waals surface area contributed by atoms with Crippen molar-refractivity contribution in [1.82, 2.24) is 0 Å². The van der Waals surface area contributed by atoms with Crippen molar-refractivity contribution < 1.29 is 0 Å². The highest BCUT2D eigenvalue weighted by Crippen LogP contribution is 2.49. The van der Waals surface area contributed by atoms with Gasteiger partial charge in [-0.3, -0.25) is 0 Å². The molecule has 2 heterocycles. The lowest BCUT2D eigenvalue weighted by Gasteiger charge is -2.46. The minimum absolute atomic E-state index is 0.226. The Kier molecular flexibility index (Phi) is 17.5. The molecular formula is C102H76BN3Si3. The number of rotatable bonds is 18. The summed E-state index contributed by atoms with van der Waals surface area (Å²) in [5.74, 6) is 0. The van der Waals surface area contributed by atoms with E-state index in [-0.39, 0.29) is 6.71 Å². The molecule has 0 unspecified atom stereocenters. The zero-order chi connectivity index (χ0) is 72.6. The molecular weight excluding hydrogens is 1360 g/mol. The van der Waals surface area contributed by atoms with Gasteiger partial charge in [0.15, 0.2) is 24.2 Å². The number of para-hydroxylation sites is 3. The van der Waals surface area contributed by atoms with Gasteiger partial charge in [-0.1, -0.05) is 394 Å². The maximum atomic E-state index is 2.66. The first-order valence-electron chi connectivity index (χ1n) is 37.8. The first-order valence-corrected chi connectivity index (χ1v) is 43.8. The molecule has 0 radical (unpaired) electrons. The van der Waals surface area contributed by atoms with E-state index in [2.05, 4.69) is 476 Å². The molecule has 0 spiro atoms. The summed E-state index contributed by atoms with van der Waals surface area (Å²) in [5.41, 5.74) is 15.8. The van der Waals surface area contributed by atoms with Gasteiger partial charge in [0.25, 0.3) is 6.71 Å². The Morgan fingerprint density at radius 1 is 0.202 bits per heavy atom. The van der Waals surface area contributed by atoms with E-state index in [1.54, 1.807) is 0 Å². The third-order valence-electron chi connectivity index (χ3n) is 22.9. The Morgan fingerprint density at radius 2 is 0.486 bits per heavy atom. The fourth-order valence-corrected chi connectivity index (χ4v) is 32.6. The van der Waals surface area contributed by atoms with Gasteiger partial charge >= 0.3 is 0 Å². The van der Waals surface area contributed by atoms with Crippen LogP contribution in [0.25, 0.3) is 11.1 Å². The Labute approximate surface area is 643 Å². The molecule has 0 aromatic heterocycles. The fourth-order valence-electron chi connectivity index (χ4n) is 18.3. The molecule has 2 aliphatic heterocycles. The number of nitrogens with zero attached hydrogens (tertiary/aromatic N) is 3. The van der Waals surface area contributed by atoms with Crippen LogP contribution in [-0.2, 0) is 0 Å². The first-order chi connectivity index (χ1) is 54.1. The minimum atomic E-state index is -3.13. The van der Waals surface area contributed by atoms with Crippen LogP contribution >= 0.6 is 0 Å². The highest BCUT2D eigenvalue weighted by Gasteiger charge is 2.49. The molecule has 109 heavy (non-hydrogen) atoms. The molecule has 0 fully saturated rings. The standard InChI is InChI=1S/C102H76BN3Si3/c1-12-38-77(39-13-1)94-60-34-36-62-97(94)104(78-40-14-2-15-41-78)81-74-100-102-101(75-81)106(80-66-70-92(71-67-80)108(85-48-22-6-23-49-85,86-50-24-7-25-51-86)87-52-26-8-27-53-87)99-73-72-93(109(88-54-28-9-29-55-88,89-56-30-10-31-57-89)90-58-32-11-33-59-90)76-96(99)103(102)95-61-35-37-63-98(95)105(100)79-64-68-91(69-65-79)107(82-42-16-3-17-43-82,83-44-18-4-19-45-83)84-46-20-5-21-47-84/h1-76H. The smallest absolute Gasteiger partial charge is 0.252 e. The van der Waals surface area contributed by atoms with E-state index in [4.69, 9.17) is 0 Å². The Morgan fingerprint density at radius 3 is 0.862 bits per heavy atom. The van der Waals surface area contributed by atoms with Crippen molar-refractivity contribution in [2.45, 2.75) is 0 Å². The number of anilines is 9. The molecule has 0 N–H and O–H groups in total. The van der Waals surface area contributed by atoms with Crippen molar-refractivity contribution in [3.8, 4) is 11.1 Å².